The van der Waals surface area contributed by atoms with Crippen molar-refractivity contribution in [3.8, 4) is 34.1 Å². The lowest BCUT2D eigenvalue weighted by Gasteiger charge is -2.30. The van der Waals surface area contributed by atoms with Gasteiger partial charge in [0.25, 0.3) is 5.91 Å². The summed E-state index contributed by atoms with van der Waals surface area (Å²) >= 11 is 0. The molecule has 9 nitrogen and oxygen atoms in total. The smallest absolute Gasteiger partial charge is 0.259 e. The van der Waals surface area contributed by atoms with Gasteiger partial charge in [0.15, 0.2) is 17.3 Å². The van der Waals surface area contributed by atoms with Gasteiger partial charge in [-0.2, -0.15) is 0 Å². The number of nitrogens with zero attached hydrogens (tertiary/aromatic N) is 3. The number of carbonyl (C=O) groups is 1. The summed E-state index contributed by atoms with van der Waals surface area (Å²) in [7, 11) is 0. The van der Waals surface area contributed by atoms with Crippen molar-refractivity contribution >= 4 is 22.5 Å². The van der Waals surface area contributed by atoms with E-state index < -0.39 is 17.2 Å². The van der Waals surface area contributed by atoms with Crippen molar-refractivity contribution in [3.63, 3.8) is 0 Å². The Morgan fingerprint density at radius 1 is 0.977 bits per heavy atom. The first-order chi connectivity index (χ1) is 21.1. The van der Waals surface area contributed by atoms with Gasteiger partial charge in [-0.3, -0.25) is 9.59 Å². The van der Waals surface area contributed by atoms with Crippen molar-refractivity contribution < 1.29 is 23.4 Å². The van der Waals surface area contributed by atoms with Crippen molar-refractivity contribution in [1.29, 1.82) is 0 Å². The maximum atomic E-state index is 15.9. The van der Waals surface area contributed by atoms with E-state index in [1.165, 1.54) is 18.9 Å². The van der Waals surface area contributed by atoms with Crippen molar-refractivity contribution in [2.45, 2.75) is 19.4 Å². The number of aromatic nitrogens is 1. The molecule has 1 N–H and O–H groups in total. The van der Waals surface area contributed by atoms with Crippen LogP contribution in [-0.2, 0) is 11.3 Å². The van der Waals surface area contributed by atoms with E-state index in [4.69, 9.17) is 14.2 Å². The number of halogens is 1. The van der Waals surface area contributed by atoms with E-state index in [2.05, 4.69) is 10.2 Å². The largest absolute Gasteiger partial charge is 0.488 e. The molecule has 0 spiro atoms. The zero-order valence-electron chi connectivity index (χ0n) is 23.7. The standard InChI is InChI=1S/C33H31FN4O5/c34-25-15-23-30-32(29(25)35-7-10-36-8-3-4-9-36)43-28-17-27-22(21-6-2-1-5-20(21)19-42-27)16-26(28)38(30)18-24(31(23)39)33(40)37-11-13-41-14-12-37/h1-2,5-6,15-18,35H,3-4,7-14,19H2. The Balaban J connectivity index is 1.31. The normalized spacial score (nSPS) is 17.1. The molecular formula is C33H31FN4O5. The highest BCUT2D eigenvalue weighted by atomic mass is 19.1. The fourth-order valence-corrected chi connectivity index (χ4v) is 6.64. The van der Waals surface area contributed by atoms with Crippen molar-refractivity contribution in [2.75, 3.05) is 57.8 Å². The zero-order chi connectivity index (χ0) is 29.1. The molecule has 43 heavy (non-hydrogen) atoms. The van der Waals surface area contributed by atoms with Crippen LogP contribution >= 0.6 is 0 Å². The van der Waals surface area contributed by atoms with Gasteiger partial charge in [0.1, 0.15) is 29.1 Å². The number of hydrogen-bond acceptors (Lipinski definition) is 7. The number of nitrogens with one attached hydrogen (secondary N) is 1. The lowest BCUT2D eigenvalue weighted by Crippen LogP contribution is -2.42. The molecule has 0 radical (unpaired) electrons. The molecule has 4 aliphatic heterocycles. The molecular weight excluding hydrogens is 551 g/mol. The maximum absolute atomic E-state index is 15.9. The third-order valence-corrected chi connectivity index (χ3v) is 8.88. The molecule has 4 aromatic rings. The number of pyridine rings is 1. The van der Waals surface area contributed by atoms with E-state index in [9.17, 15) is 9.59 Å². The van der Waals surface area contributed by atoms with Gasteiger partial charge < -0.3 is 33.9 Å². The molecule has 220 valence electrons. The number of rotatable bonds is 5. The van der Waals surface area contributed by atoms with Crippen LogP contribution in [0.2, 0.25) is 0 Å². The molecule has 1 aromatic heterocycles. The molecule has 0 atom stereocenters. The number of benzene rings is 3. The van der Waals surface area contributed by atoms with Crippen LogP contribution in [0.3, 0.4) is 0 Å². The van der Waals surface area contributed by atoms with E-state index in [0.29, 0.717) is 62.2 Å². The first kappa shape index (κ1) is 26.2. The molecule has 1 amide bonds. The van der Waals surface area contributed by atoms with Crippen LogP contribution < -0.4 is 20.2 Å². The number of carbonyl (C=O) groups excluding carboxylic acids is 1. The van der Waals surface area contributed by atoms with Crippen LogP contribution in [-0.4, -0.2) is 72.8 Å². The lowest BCUT2D eigenvalue weighted by atomic mass is 9.95. The number of amides is 1. The van der Waals surface area contributed by atoms with E-state index in [1.54, 1.807) is 15.7 Å². The van der Waals surface area contributed by atoms with Crippen molar-refractivity contribution in [2.24, 2.45) is 0 Å². The summed E-state index contributed by atoms with van der Waals surface area (Å²) < 4.78 is 35.6. The quantitative estimate of drug-likeness (QED) is 0.320. The summed E-state index contributed by atoms with van der Waals surface area (Å²) in [4.78, 5) is 31.5. The molecule has 5 heterocycles. The predicted octanol–water partition coefficient (Wildman–Crippen LogP) is 4.78. The number of ether oxygens (including phenoxy) is 3. The molecule has 2 saturated heterocycles. The number of likely N-dealkylation sites (tertiary alicyclic amines) is 1. The molecule has 3 aromatic carbocycles. The second-order valence-corrected chi connectivity index (χ2v) is 11.4. The summed E-state index contributed by atoms with van der Waals surface area (Å²) in [5.74, 6) is 0.336. The average Bonchev–Trinajstić information content (AvgIpc) is 3.56. The highest BCUT2D eigenvalue weighted by Gasteiger charge is 2.32. The Bertz CT molecular complexity index is 1840. The van der Waals surface area contributed by atoms with E-state index >= 15 is 4.39 Å². The first-order valence-electron chi connectivity index (χ1n) is 14.9. The number of morpholine rings is 1. The van der Waals surface area contributed by atoms with E-state index in [0.717, 1.165) is 36.3 Å². The van der Waals surface area contributed by atoms with Crippen LogP contribution in [0.15, 0.2) is 53.5 Å². The summed E-state index contributed by atoms with van der Waals surface area (Å²) in [6.07, 6.45) is 3.93. The van der Waals surface area contributed by atoms with Gasteiger partial charge in [-0.05, 0) is 49.2 Å². The molecule has 10 heteroatoms. The third kappa shape index (κ3) is 4.35. The lowest BCUT2D eigenvalue weighted by molar-refractivity contribution is 0.0301. The molecule has 8 rings (SSSR count). The Kier molecular flexibility index (Phi) is 6.34. The van der Waals surface area contributed by atoms with Gasteiger partial charge in [-0.15, -0.1) is 0 Å². The Labute approximate surface area is 247 Å². The second-order valence-electron chi connectivity index (χ2n) is 11.4. The second kappa shape index (κ2) is 10.4. The fourth-order valence-electron chi connectivity index (χ4n) is 6.64. The Morgan fingerprint density at radius 2 is 1.79 bits per heavy atom. The van der Waals surface area contributed by atoms with E-state index in [1.807, 2.05) is 36.4 Å². The van der Waals surface area contributed by atoms with Gasteiger partial charge in [-0.25, -0.2) is 4.39 Å². The molecule has 0 aliphatic carbocycles. The van der Waals surface area contributed by atoms with Gasteiger partial charge >= 0.3 is 0 Å². The SMILES string of the molecule is O=C(c1cn2c3c(c(NCCN4CCCC4)c(F)cc3c1=O)Oc1cc3c(cc1-2)-c1ccccc1CO3)N1CCOCC1. The van der Waals surface area contributed by atoms with Crippen LogP contribution in [0.4, 0.5) is 10.1 Å². The number of hydrogen-bond donors (Lipinski definition) is 1. The van der Waals surface area contributed by atoms with Crippen LogP contribution in [0.1, 0.15) is 28.8 Å². The minimum atomic E-state index is -0.602. The van der Waals surface area contributed by atoms with Gasteiger partial charge in [0, 0.05) is 44.0 Å². The minimum Gasteiger partial charge on any atom is -0.488 e. The monoisotopic (exact) mass is 582 g/mol. The molecule has 0 unspecified atom stereocenters. The van der Waals surface area contributed by atoms with Crippen LogP contribution in [0.5, 0.6) is 17.2 Å². The van der Waals surface area contributed by atoms with Gasteiger partial charge in [-0.1, -0.05) is 24.3 Å². The highest BCUT2D eigenvalue weighted by molar-refractivity contribution is 6.01. The van der Waals surface area contributed by atoms with Crippen molar-refractivity contribution in [1.82, 2.24) is 14.4 Å². The topological polar surface area (TPSA) is 85.3 Å². The number of anilines is 1. The minimum absolute atomic E-state index is 0.0169. The van der Waals surface area contributed by atoms with Crippen LogP contribution in [0, 0.1) is 5.82 Å². The zero-order valence-corrected chi connectivity index (χ0v) is 23.7. The van der Waals surface area contributed by atoms with E-state index in [-0.39, 0.29) is 22.4 Å². The Hall–Kier alpha value is -4.41. The summed E-state index contributed by atoms with van der Waals surface area (Å²) in [5.41, 5.74) is 3.71. The molecule has 0 saturated carbocycles. The summed E-state index contributed by atoms with van der Waals surface area (Å²) in [6.45, 7) is 5.37. The molecule has 2 fully saturated rings. The van der Waals surface area contributed by atoms with Crippen molar-refractivity contribution in [3.05, 3.63) is 75.8 Å². The van der Waals surface area contributed by atoms with Gasteiger partial charge in [0.05, 0.1) is 24.3 Å². The first-order valence-corrected chi connectivity index (χ1v) is 14.9. The third-order valence-electron chi connectivity index (χ3n) is 8.88. The number of fused-ring (bicyclic) bond motifs is 5. The fraction of sp³-hybridized carbons (Fsp3) is 0.333. The van der Waals surface area contributed by atoms with Gasteiger partial charge in [0.2, 0.25) is 5.43 Å². The summed E-state index contributed by atoms with van der Waals surface area (Å²) in [6, 6.07) is 13.1. The predicted molar refractivity (Wildman–Crippen MR) is 160 cm³/mol. The Morgan fingerprint density at radius 3 is 2.63 bits per heavy atom. The molecule has 4 aliphatic rings. The molecule has 0 bridgehead atoms. The summed E-state index contributed by atoms with van der Waals surface area (Å²) in [5, 5.41) is 3.34. The highest BCUT2D eigenvalue weighted by Crippen LogP contribution is 2.49. The van der Waals surface area contributed by atoms with Crippen LogP contribution in [0.25, 0.3) is 27.7 Å². The average molecular weight is 583 g/mol. The maximum Gasteiger partial charge on any atom is 0.259 e.